The van der Waals surface area contributed by atoms with Crippen LogP contribution in [-0.2, 0) is 14.8 Å². The number of hydrogen-bond acceptors (Lipinski definition) is 8. The van der Waals surface area contributed by atoms with Crippen molar-refractivity contribution in [1.82, 2.24) is 10.1 Å². The highest BCUT2D eigenvalue weighted by Crippen LogP contribution is 2.19. The number of hydrogen-bond donors (Lipinski definition) is 1. The van der Waals surface area contributed by atoms with E-state index in [2.05, 4.69) is 10.1 Å². The maximum Gasteiger partial charge on any atom is 0.375 e. The third-order valence-electron chi connectivity index (χ3n) is 2.24. The number of aryl methyl sites for hydroxylation is 1. The van der Waals surface area contributed by atoms with Crippen molar-refractivity contribution in [2.45, 2.75) is 25.0 Å². The van der Waals surface area contributed by atoms with Crippen LogP contribution in [-0.4, -0.2) is 24.5 Å². The van der Waals surface area contributed by atoms with Crippen molar-refractivity contribution >= 4 is 16.0 Å². The molecule has 0 saturated heterocycles. The SMILES string of the molecule is Cc1noc(C(C)OC(=O)c2ccc(S(N)(=O)=O)o2)n1. The molecule has 0 bridgehead atoms. The molecule has 1 atom stereocenters. The minimum Gasteiger partial charge on any atom is -0.447 e. The van der Waals surface area contributed by atoms with Crippen LogP contribution >= 0.6 is 0 Å². The van der Waals surface area contributed by atoms with Crippen LogP contribution in [0, 0.1) is 6.92 Å². The molecule has 108 valence electrons. The molecule has 20 heavy (non-hydrogen) atoms. The summed E-state index contributed by atoms with van der Waals surface area (Å²) in [5.74, 6) is -0.646. The van der Waals surface area contributed by atoms with Gasteiger partial charge in [0.25, 0.3) is 15.9 Å². The van der Waals surface area contributed by atoms with Crippen LogP contribution in [0.3, 0.4) is 0 Å². The first-order chi connectivity index (χ1) is 9.27. The van der Waals surface area contributed by atoms with Crippen LogP contribution in [0.2, 0.25) is 0 Å². The quantitative estimate of drug-likeness (QED) is 0.807. The van der Waals surface area contributed by atoms with E-state index in [4.69, 9.17) is 18.8 Å². The highest BCUT2D eigenvalue weighted by atomic mass is 32.2. The Labute approximate surface area is 113 Å². The minimum atomic E-state index is -4.01. The highest BCUT2D eigenvalue weighted by Gasteiger charge is 2.23. The molecule has 0 amide bonds. The summed E-state index contributed by atoms with van der Waals surface area (Å²) >= 11 is 0. The van der Waals surface area contributed by atoms with Crippen molar-refractivity contribution in [2.75, 3.05) is 0 Å². The van der Waals surface area contributed by atoms with Crippen molar-refractivity contribution in [1.29, 1.82) is 0 Å². The predicted molar refractivity (Wildman–Crippen MR) is 62.9 cm³/mol. The van der Waals surface area contributed by atoms with Gasteiger partial charge in [-0.15, -0.1) is 0 Å². The largest absolute Gasteiger partial charge is 0.447 e. The topological polar surface area (TPSA) is 139 Å². The predicted octanol–water partition coefficient (Wildman–Crippen LogP) is 0.536. The Balaban J connectivity index is 2.10. The Morgan fingerprint density at radius 1 is 1.45 bits per heavy atom. The van der Waals surface area contributed by atoms with Crippen LogP contribution in [0.4, 0.5) is 0 Å². The first kappa shape index (κ1) is 14.2. The fourth-order valence-electron chi connectivity index (χ4n) is 1.33. The highest BCUT2D eigenvalue weighted by molar-refractivity contribution is 7.89. The van der Waals surface area contributed by atoms with Crippen LogP contribution in [0.15, 0.2) is 26.2 Å². The van der Waals surface area contributed by atoms with E-state index in [1.807, 2.05) is 0 Å². The summed E-state index contributed by atoms with van der Waals surface area (Å²) < 4.78 is 36.7. The molecule has 1 unspecified atom stereocenters. The molecule has 10 heteroatoms. The molecule has 0 spiro atoms. The van der Waals surface area contributed by atoms with Gasteiger partial charge in [0.15, 0.2) is 11.9 Å². The lowest BCUT2D eigenvalue weighted by Crippen LogP contribution is -2.11. The van der Waals surface area contributed by atoms with E-state index in [1.165, 1.54) is 6.92 Å². The standard InChI is InChI=1S/C10H11N3O6S/c1-5(9-12-6(2)13-19-9)17-10(14)7-3-4-8(18-7)20(11,15)16/h3-5H,1-2H3,(H2,11,15,16). The zero-order valence-corrected chi connectivity index (χ0v) is 11.4. The van der Waals surface area contributed by atoms with Crippen molar-refractivity contribution in [3.05, 3.63) is 29.6 Å². The molecule has 2 rings (SSSR count). The van der Waals surface area contributed by atoms with Gasteiger partial charge >= 0.3 is 5.97 Å². The maximum atomic E-state index is 11.7. The lowest BCUT2D eigenvalue weighted by molar-refractivity contribution is 0.0225. The molecule has 0 fully saturated rings. The number of nitrogens with zero attached hydrogens (tertiary/aromatic N) is 2. The fourth-order valence-corrected chi connectivity index (χ4v) is 1.79. The van der Waals surface area contributed by atoms with E-state index in [1.54, 1.807) is 6.92 Å². The van der Waals surface area contributed by atoms with E-state index in [-0.39, 0.29) is 11.7 Å². The van der Waals surface area contributed by atoms with Gasteiger partial charge in [-0.25, -0.2) is 18.4 Å². The Morgan fingerprint density at radius 3 is 2.65 bits per heavy atom. The number of esters is 1. The number of carbonyl (C=O) groups excluding carboxylic acids is 1. The summed E-state index contributed by atoms with van der Waals surface area (Å²) in [4.78, 5) is 15.6. The Bertz CT molecular complexity index is 732. The first-order valence-corrected chi connectivity index (χ1v) is 6.96. The number of ether oxygens (including phenoxy) is 1. The van der Waals surface area contributed by atoms with Gasteiger partial charge in [0, 0.05) is 0 Å². The molecule has 2 N–H and O–H groups in total. The smallest absolute Gasteiger partial charge is 0.375 e. The number of primary sulfonamides is 1. The van der Waals surface area contributed by atoms with Gasteiger partial charge in [-0.1, -0.05) is 5.16 Å². The van der Waals surface area contributed by atoms with Crippen LogP contribution in [0.5, 0.6) is 0 Å². The molecule has 9 nitrogen and oxygen atoms in total. The number of nitrogens with two attached hydrogens (primary N) is 1. The van der Waals surface area contributed by atoms with Crippen LogP contribution < -0.4 is 5.14 Å². The fraction of sp³-hybridized carbons (Fsp3) is 0.300. The molecule has 2 aromatic rings. The maximum absolute atomic E-state index is 11.7. The van der Waals surface area contributed by atoms with Crippen molar-refractivity contribution < 1.29 is 26.9 Å². The minimum absolute atomic E-state index is 0.120. The van der Waals surface area contributed by atoms with Crippen molar-refractivity contribution in [2.24, 2.45) is 5.14 Å². The average molecular weight is 301 g/mol. The van der Waals surface area contributed by atoms with E-state index < -0.39 is 27.2 Å². The third-order valence-corrected chi connectivity index (χ3v) is 3.02. The van der Waals surface area contributed by atoms with E-state index in [0.29, 0.717) is 5.82 Å². The molecule has 0 aliphatic rings. The summed E-state index contributed by atoms with van der Waals surface area (Å²) in [6.07, 6.45) is -0.799. The molecule has 0 radical (unpaired) electrons. The van der Waals surface area contributed by atoms with Gasteiger partial charge in [0.2, 0.25) is 10.9 Å². The second kappa shape index (κ2) is 5.06. The molecular formula is C10H11N3O6S. The van der Waals surface area contributed by atoms with Crippen molar-refractivity contribution in [3.8, 4) is 0 Å². The Morgan fingerprint density at radius 2 is 2.15 bits per heavy atom. The van der Waals surface area contributed by atoms with Gasteiger partial charge in [-0.2, -0.15) is 4.98 Å². The number of aromatic nitrogens is 2. The van der Waals surface area contributed by atoms with E-state index in [9.17, 15) is 13.2 Å². The van der Waals surface area contributed by atoms with Gasteiger partial charge < -0.3 is 13.7 Å². The molecule has 2 aromatic heterocycles. The number of furan rings is 1. The number of carbonyl (C=O) groups is 1. The zero-order valence-electron chi connectivity index (χ0n) is 10.6. The molecule has 0 aromatic carbocycles. The molecular weight excluding hydrogens is 290 g/mol. The summed E-state index contributed by atoms with van der Waals surface area (Å²) in [5.41, 5.74) is 0. The lowest BCUT2D eigenvalue weighted by Gasteiger charge is -2.06. The second-order valence-corrected chi connectivity index (χ2v) is 5.38. The monoisotopic (exact) mass is 301 g/mol. The average Bonchev–Trinajstić information content (AvgIpc) is 2.95. The molecule has 0 aliphatic carbocycles. The zero-order chi connectivity index (χ0) is 14.9. The summed E-state index contributed by atoms with van der Waals surface area (Å²) in [6, 6.07) is 2.21. The Hall–Kier alpha value is -2.20. The summed E-state index contributed by atoms with van der Waals surface area (Å²) in [6.45, 7) is 3.14. The lowest BCUT2D eigenvalue weighted by atomic mass is 10.4. The van der Waals surface area contributed by atoms with Gasteiger partial charge in [-0.3, -0.25) is 0 Å². The number of sulfonamides is 1. The van der Waals surface area contributed by atoms with Gasteiger partial charge in [0.1, 0.15) is 0 Å². The van der Waals surface area contributed by atoms with Gasteiger partial charge in [0.05, 0.1) is 0 Å². The Kier molecular flexibility index (Phi) is 3.59. The third kappa shape index (κ3) is 3.03. The molecule has 2 heterocycles. The van der Waals surface area contributed by atoms with Gasteiger partial charge in [-0.05, 0) is 26.0 Å². The van der Waals surface area contributed by atoms with E-state index >= 15 is 0 Å². The van der Waals surface area contributed by atoms with E-state index in [0.717, 1.165) is 12.1 Å². The second-order valence-electron chi connectivity index (χ2n) is 3.89. The summed E-state index contributed by atoms with van der Waals surface area (Å²) in [5, 5.41) is 7.89. The molecule has 0 aliphatic heterocycles. The van der Waals surface area contributed by atoms with Crippen LogP contribution in [0.25, 0.3) is 0 Å². The normalized spacial score (nSPS) is 13.2. The van der Waals surface area contributed by atoms with Crippen LogP contribution in [0.1, 0.15) is 35.3 Å². The summed E-state index contributed by atoms with van der Waals surface area (Å²) in [7, 11) is -4.01. The number of rotatable bonds is 4. The van der Waals surface area contributed by atoms with Crippen molar-refractivity contribution in [3.63, 3.8) is 0 Å². The molecule has 0 saturated carbocycles. The first-order valence-electron chi connectivity index (χ1n) is 5.41.